The largest absolute Gasteiger partial charge is 0.433 e. The molecule has 4 nitrogen and oxygen atoms in total. The number of alkyl halides is 3. The highest BCUT2D eigenvalue weighted by Crippen LogP contribution is 2.35. The molecule has 1 aromatic carbocycles. The number of ketones is 1. The molecule has 0 aliphatic carbocycles. The number of rotatable bonds is 4. The number of aromatic nitrogens is 1. The number of Topliss-reactive ketones (excluding diaryl/α,β-unsaturated/α-hetero) is 1. The van der Waals surface area contributed by atoms with E-state index >= 15 is 0 Å². The summed E-state index contributed by atoms with van der Waals surface area (Å²) in [6.45, 7) is 1.94. The van der Waals surface area contributed by atoms with Gasteiger partial charge < -0.3 is 4.74 Å². The fourth-order valence-corrected chi connectivity index (χ4v) is 4.20. The van der Waals surface area contributed by atoms with E-state index in [2.05, 4.69) is 22.0 Å². The second-order valence-electron chi connectivity index (χ2n) is 7.47. The molecule has 0 N–H and O–H groups in total. The number of carbonyl (C=O) groups is 1. The lowest BCUT2D eigenvalue weighted by Gasteiger charge is -2.48. The standard InChI is InChI=1S/C21H21F3N2O2/c22-21(23,24)19-7-6-15(10-25-19)20(27)16-8-17-12-28-13-18(9-16)26(17)11-14-4-2-1-3-5-14/h1-7,10,16-18H,8-9,11-13H2. The monoisotopic (exact) mass is 390 g/mol. The van der Waals surface area contributed by atoms with E-state index < -0.39 is 11.9 Å². The van der Waals surface area contributed by atoms with Crippen LogP contribution in [0.3, 0.4) is 0 Å². The Morgan fingerprint density at radius 3 is 2.32 bits per heavy atom. The molecular weight excluding hydrogens is 369 g/mol. The molecule has 0 saturated carbocycles. The predicted molar refractivity (Wildman–Crippen MR) is 96.7 cm³/mol. The van der Waals surface area contributed by atoms with Crippen LogP contribution in [0.25, 0.3) is 0 Å². The second-order valence-corrected chi connectivity index (χ2v) is 7.47. The first kappa shape index (κ1) is 19.1. The van der Waals surface area contributed by atoms with Crippen molar-refractivity contribution in [3.63, 3.8) is 0 Å². The van der Waals surface area contributed by atoms with E-state index in [1.165, 1.54) is 11.6 Å². The van der Waals surface area contributed by atoms with Gasteiger partial charge in [-0.1, -0.05) is 30.3 Å². The topological polar surface area (TPSA) is 42.4 Å². The Balaban J connectivity index is 1.47. The van der Waals surface area contributed by atoms with E-state index in [9.17, 15) is 18.0 Å². The van der Waals surface area contributed by atoms with Crippen LogP contribution in [0.1, 0.15) is 34.5 Å². The molecule has 2 atom stereocenters. The number of fused-ring (bicyclic) bond motifs is 2. The third-order valence-corrected chi connectivity index (χ3v) is 5.59. The van der Waals surface area contributed by atoms with Crippen molar-refractivity contribution in [1.29, 1.82) is 0 Å². The first-order valence-electron chi connectivity index (χ1n) is 9.36. The summed E-state index contributed by atoms with van der Waals surface area (Å²) in [5, 5.41) is 0. The maximum atomic E-state index is 12.9. The van der Waals surface area contributed by atoms with Crippen molar-refractivity contribution >= 4 is 5.78 Å². The number of hydrogen-bond acceptors (Lipinski definition) is 4. The van der Waals surface area contributed by atoms with Crippen LogP contribution in [0.4, 0.5) is 13.2 Å². The van der Waals surface area contributed by atoms with Crippen molar-refractivity contribution in [2.75, 3.05) is 13.2 Å². The highest BCUT2D eigenvalue weighted by molar-refractivity contribution is 5.97. The molecule has 3 heterocycles. The number of pyridine rings is 1. The predicted octanol–water partition coefficient (Wildman–Crippen LogP) is 3.96. The Labute approximate surface area is 161 Å². The van der Waals surface area contributed by atoms with Crippen LogP contribution >= 0.6 is 0 Å². The fraction of sp³-hybridized carbons (Fsp3) is 0.429. The van der Waals surface area contributed by atoms with Crippen LogP contribution in [0.5, 0.6) is 0 Å². The number of benzene rings is 1. The molecule has 148 valence electrons. The summed E-state index contributed by atoms with van der Waals surface area (Å²) in [6.07, 6.45) is -2.17. The molecule has 28 heavy (non-hydrogen) atoms. The summed E-state index contributed by atoms with van der Waals surface area (Å²) in [6, 6.07) is 12.5. The zero-order valence-corrected chi connectivity index (χ0v) is 15.2. The van der Waals surface area contributed by atoms with Gasteiger partial charge in [-0.3, -0.25) is 14.7 Å². The molecule has 2 aromatic rings. The summed E-state index contributed by atoms with van der Waals surface area (Å²) in [5.74, 6) is -0.345. The van der Waals surface area contributed by atoms with Gasteiger partial charge in [0.25, 0.3) is 0 Å². The van der Waals surface area contributed by atoms with Crippen LogP contribution in [0, 0.1) is 5.92 Å². The van der Waals surface area contributed by atoms with Crippen molar-refractivity contribution in [2.45, 2.75) is 37.6 Å². The SMILES string of the molecule is O=C(c1ccc(C(F)(F)F)nc1)C1CC2COCC(C1)N2Cc1ccccc1. The van der Waals surface area contributed by atoms with Crippen molar-refractivity contribution in [3.05, 3.63) is 65.5 Å². The Morgan fingerprint density at radius 2 is 1.75 bits per heavy atom. The Kier molecular flexibility index (Phi) is 5.21. The molecule has 4 rings (SSSR count). The van der Waals surface area contributed by atoms with Gasteiger partial charge in [-0.25, -0.2) is 0 Å². The lowest BCUT2D eigenvalue weighted by Crippen LogP contribution is -2.57. The number of morpholine rings is 1. The summed E-state index contributed by atoms with van der Waals surface area (Å²) >= 11 is 0. The minimum atomic E-state index is -4.50. The second kappa shape index (κ2) is 7.64. The van der Waals surface area contributed by atoms with E-state index in [0.717, 1.165) is 18.8 Å². The van der Waals surface area contributed by atoms with Gasteiger partial charge in [0.05, 0.1) is 13.2 Å². The third kappa shape index (κ3) is 3.95. The molecule has 0 spiro atoms. The molecule has 7 heteroatoms. The number of nitrogens with zero attached hydrogens (tertiary/aromatic N) is 2. The van der Waals surface area contributed by atoms with Crippen molar-refractivity contribution in [3.8, 4) is 0 Å². The smallest absolute Gasteiger partial charge is 0.378 e. The van der Waals surface area contributed by atoms with Gasteiger partial charge in [-0.2, -0.15) is 13.2 Å². The molecular formula is C21H21F3N2O2. The Bertz CT molecular complexity index is 810. The van der Waals surface area contributed by atoms with Crippen molar-refractivity contribution in [1.82, 2.24) is 9.88 Å². The molecule has 2 aliphatic heterocycles. The average molecular weight is 390 g/mol. The molecule has 2 unspecified atom stereocenters. The summed E-state index contributed by atoms with van der Waals surface area (Å²) < 4.78 is 43.8. The summed E-state index contributed by atoms with van der Waals surface area (Å²) in [7, 11) is 0. The summed E-state index contributed by atoms with van der Waals surface area (Å²) in [5.41, 5.74) is 0.483. The first-order chi connectivity index (χ1) is 13.4. The van der Waals surface area contributed by atoms with Crippen LogP contribution in [-0.2, 0) is 17.5 Å². The normalized spacial score (nSPS) is 25.5. The number of ether oxygens (including phenoxy) is 1. The van der Waals surface area contributed by atoms with Crippen LogP contribution in [0.15, 0.2) is 48.7 Å². The molecule has 2 bridgehead atoms. The first-order valence-corrected chi connectivity index (χ1v) is 9.36. The van der Waals surface area contributed by atoms with Gasteiger partial charge in [-0.15, -0.1) is 0 Å². The molecule has 2 fully saturated rings. The van der Waals surface area contributed by atoms with E-state index in [1.54, 1.807) is 0 Å². The number of halogens is 3. The van der Waals surface area contributed by atoms with Gasteiger partial charge >= 0.3 is 6.18 Å². The van der Waals surface area contributed by atoms with Crippen LogP contribution in [-0.4, -0.2) is 41.0 Å². The zero-order chi connectivity index (χ0) is 19.7. The van der Waals surface area contributed by atoms with Crippen LogP contribution < -0.4 is 0 Å². The number of hydrogen-bond donors (Lipinski definition) is 0. The maximum absolute atomic E-state index is 12.9. The lowest BCUT2D eigenvalue weighted by molar-refractivity contribution is -0.141. The third-order valence-electron chi connectivity index (χ3n) is 5.59. The Hall–Kier alpha value is -2.25. The highest BCUT2D eigenvalue weighted by Gasteiger charge is 2.41. The zero-order valence-electron chi connectivity index (χ0n) is 15.2. The number of carbonyl (C=O) groups excluding carboxylic acids is 1. The molecule has 2 saturated heterocycles. The van der Waals surface area contributed by atoms with Crippen molar-refractivity contribution < 1.29 is 22.7 Å². The average Bonchev–Trinajstić information content (AvgIpc) is 2.67. The minimum absolute atomic E-state index is 0.127. The maximum Gasteiger partial charge on any atom is 0.433 e. The Morgan fingerprint density at radius 1 is 1.07 bits per heavy atom. The van der Waals surface area contributed by atoms with Gasteiger partial charge in [-0.05, 0) is 30.5 Å². The van der Waals surface area contributed by atoms with Crippen LogP contribution in [0.2, 0.25) is 0 Å². The van der Waals surface area contributed by atoms with Gasteiger partial charge in [0.15, 0.2) is 5.78 Å². The molecule has 0 radical (unpaired) electrons. The molecule has 0 amide bonds. The fourth-order valence-electron chi connectivity index (χ4n) is 4.20. The minimum Gasteiger partial charge on any atom is -0.378 e. The quantitative estimate of drug-likeness (QED) is 0.741. The highest BCUT2D eigenvalue weighted by atomic mass is 19.4. The van der Waals surface area contributed by atoms with Gasteiger partial charge in [0, 0.05) is 36.3 Å². The van der Waals surface area contributed by atoms with E-state index in [1.807, 2.05) is 18.2 Å². The van der Waals surface area contributed by atoms with E-state index in [-0.39, 0.29) is 29.3 Å². The van der Waals surface area contributed by atoms with Crippen molar-refractivity contribution in [2.24, 2.45) is 5.92 Å². The summed E-state index contributed by atoms with van der Waals surface area (Å²) in [4.78, 5) is 18.7. The van der Waals surface area contributed by atoms with E-state index in [0.29, 0.717) is 26.1 Å². The van der Waals surface area contributed by atoms with Gasteiger partial charge in [0.1, 0.15) is 5.69 Å². The lowest BCUT2D eigenvalue weighted by atomic mass is 9.80. The molecule has 1 aromatic heterocycles. The van der Waals surface area contributed by atoms with E-state index in [4.69, 9.17) is 4.74 Å². The molecule has 2 aliphatic rings. The number of piperidine rings is 1. The van der Waals surface area contributed by atoms with Gasteiger partial charge in [0.2, 0.25) is 0 Å².